The predicted molar refractivity (Wildman–Crippen MR) is 90.7 cm³/mol. The lowest BCUT2D eigenvalue weighted by molar-refractivity contribution is -0.138. The molecule has 126 valence electrons. The van der Waals surface area contributed by atoms with E-state index >= 15 is 0 Å². The normalized spacial score (nSPS) is 10.7. The van der Waals surface area contributed by atoms with E-state index in [0.717, 1.165) is 37.0 Å². The summed E-state index contributed by atoms with van der Waals surface area (Å²) in [4.78, 5) is 23.1. The molecule has 4 nitrogen and oxygen atoms in total. The Kier molecular flexibility index (Phi) is 9.07. The molecule has 0 bridgehead atoms. The van der Waals surface area contributed by atoms with Crippen LogP contribution in [0.25, 0.3) is 0 Å². The Labute approximate surface area is 142 Å². The van der Waals surface area contributed by atoms with E-state index in [1.54, 1.807) is 18.2 Å². The van der Waals surface area contributed by atoms with Gasteiger partial charge in [-0.05, 0) is 37.1 Å². The van der Waals surface area contributed by atoms with Crippen LogP contribution in [-0.4, -0.2) is 18.5 Å². The number of hydrogen-bond acceptors (Lipinski definition) is 4. The zero-order chi connectivity index (χ0) is 17.1. The lowest BCUT2D eigenvalue weighted by Crippen LogP contribution is -2.07. The van der Waals surface area contributed by atoms with Crippen molar-refractivity contribution in [3.8, 4) is 5.75 Å². The molecule has 0 aliphatic carbocycles. The van der Waals surface area contributed by atoms with E-state index in [4.69, 9.17) is 21.1 Å². The van der Waals surface area contributed by atoms with Gasteiger partial charge in [-0.1, -0.05) is 44.2 Å². The molecule has 23 heavy (non-hydrogen) atoms. The van der Waals surface area contributed by atoms with Gasteiger partial charge in [0.25, 0.3) is 0 Å². The molecule has 0 aromatic heterocycles. The molecule has 0 N–H and O–H groups in total. The molecule has 0 heterocycles. The van der Waals surface area contributed by atoms with Crippen molar-refractivity contribution in [2.75, 3.05) is 6.61 Å². The zero-order valence-corrected chi connectivity index (χ0v) is 14.4. The van der Waals surface area contributed by atoms with Crippen molar-refractivity contribution in [2.24, 2.45) is 0 Å². The van der Waals surface area contributed by atoms with Crippen molar-refractivity contribution in [3.05, 3.63) is 40.9 Å². The molecule has 0 fully saturated rings. The van der Waals surface area contributed by atoms with Crippen LogP contribution < -0.4 is 4.74 Å². The van der Waals surface area contributed by atoms with Gasteiger partial charge in [-0.2, -0.15) is 0 Å². The van der Waals surface area contributed by atoms with Crippen molar-refractivity contribution >= 4 is 23.5 Å². The fourth-order valence-corrected chi connectivity index (χ4v) is 2.01. The number of unbranched alkanes of at least 4 members (excludes halogenated alkanes) is 4. The molecule has 0 amide bonds. The Morgan fingerprint density at radius 1 is 1.09 bits per heavy atom. The quantitative estimate of drug-likeness (QED) is 0.285. The molecular formula is C18H23ClO4. The molecule has 0 radical (unpaired) electrons. The van der Waals surface area contributed by atoms with E-state index in [2.05, 4.69) is 6.92 Å². The Hall–Kier alpha value is -1.81. The summed E-state index contributed by atoms with van der Waals surface area (Å²) < 4.78 is 10.1. The summed E-state index contributed by atoms with van der Waals surface area (Å²) in [6.45, 7) is 4.33. The first-order valence-corrected chi connectivity index (χ1v) is 8.23. The summed E-state index contributed by atoms with van der Waals surface area (Å²) in [5.74, 6) is -0.790. The minimum Gasteiger partial charge on any atom is -0.463 e. The van der Waals surface area contributed by atoms with Gasteiger partial charge < -0.3 is 9.47 Å². The average molecular weight is 339 g/mol. The van der Waals surface area contributed by atoms with Crippen molar-refractivity contribution in [1.82, 2.24) is 0 Å². The number of rotatable bonds is 9. The number of carbonyl (C=O) groups excluding carboxylic acids is 2. The highest BCUT2D eigenvalue weighted by Crippen LogP contribution is 2.21. The van der Waals surface area contributed by atoms with Crippen LogP contribution >= 0.6 is 11.6 Å². The van der Waals surface area contributed by atoms with E-state index < -0.39 is 11.9 Å². The van der Waals surface area contributed by atoms with Crippen LogP contribution in [0.5, 0.6) is 5.75 Å². The van der Waals surface area contributed by atoms with Crippen LogP contribution in [0.15, 0.2) is 30.4 Å². The topological polar surface area (TPSA) is 52.6 Å². The van der Waals surface area contributed by atoms with E-state index in [9.17, 15) is 9.59 Å². The molecular weight excluding hydrogens is 316 g/mol. The second-order valence-corrected chi connectivity index (χ2v) is 5.65. The highest BCUT2D eigenvalue weighted by Gasteiger charge is 2.04. The number of benzene rings is 1. The van der Waals surface area contributed by atoms with E-state index in [1.807, 2.05) is 6.92 Å². The fraction of sp³-hybridized carbons (Fsp3) is 0.444. The summed E-state index contributed by atoms with van der Waals surface area (Å²) in [5.41, 5.74) is 0.809. The first-order valence-electron chi connectivity index (χ1n) is 7.85. The second-order valence-electron chi connectivity index (χ2n) is 5.25. The van der Waals surface area contributed by atoms with E-state index in [1.165, 1.54) is 12.8 Å². The van der Waals surface area contributed by atoms with Gasteiger partial charge in [-0.15, -0.1) is 0 Å². The minimum absolute atomic E-state index is 0.373. The number of ether oxygens (including phenoxy) is 2. The maximum atomic E-state index is 11.6. The van der Waals surface area contributed by atoms with Crippen LogP contribution in [0.2, 0.25) is 5.02 Å². The Bertz CT molecular complexity index is 552. The average Bonchev–Trinajstić information content (AvgIpc) is 2.52. The van der Waals surface area contributed by atoms with Crippen molar-refractivity contribution in [3.63, 3.8) is 0 Å². The molecule has 0 unspecified atom stereocenters. The van der Waals surface area contributed by atoms with Gasteiger partial charge in [0.1, 0.15) is 5.75 Å². The number of aryl methyl sites for hydroxylation is 1. The van der Waals surface area contributed by atoms with Crippen LogP contribution in [0.1, 0.15) is 44.6 Å². The van der Waals surface area contributed by atoms with Gasteiger partial charge in [-0.3, -0.25) is 0 Å². The number of esters is 2. The van der Waals surface area contributed by atoms with E-state index in [-0.39, 0.29) is 0 Å². The van der Waals surface area contributed by atoms with Gasteiger partial charge in [0.2, 0.25) is 0 Å². The second kappa shape index (κ2) is 10.8. The predicted octanol–water partition coefficient (Wildman–Crippen LogP) is 4.62. The molecule has 0 aliphatic heterocycles. The number of carbonyl (C=O) groups is 2. The SMILES string of the molecule is CCCCCCCOC(=O)/C=C/C(=O)Oc1ccc(Cl)c(C)c1. The van der Waals surface area contributed by atoms with Crippen LogP contribution in [0, 0.1) is 6.92 Å². The smallest absolute Gasteiger partial charge is 0.336 e. The Balaban J connectivity index is 2.28. The lowest BCUT2D eigenvalue weighted by atomic mass is 10.2. The van der Waals surface area contributed by atoms with E-state index in [0.29, 0.717) is 17.4 Å². The number of hydrogen-bond donors (Lipinski definition) is 0. The molecule has 0 aliphatic rings. The zero-order valence-electron chi connectivity index (χ0n) is 13.6. The molecule has 1 aromatic rings. The van der Waals surface area contributed by atoms with Crippen molar-refractivity contribution in [2.45, 2.75) is 46.0 Å². The van der Waals surface area contributed by atoms with Crippen LogP contribution in [0.4, 0.5) is 0 Å². The van der Waals surface area contributed by atoms with Gasteiger partial charge >= 0.3 is 11.9 Å². The van der Waals surface area contributed by atoms with Gasteiger partial charge in [0, 0.05) is 17.2 Å². The van der Waals surface area contributed by atoms with Gasteiger partial charge in [-0.25, -0.2) is 9.59 Å². The summed E-state index contributed by atoms with van der Waals surface area (Å²) in [6, 6.07) is 4.90. The third-order valence-corrected chi connectivity index (χ3v) is 3.62. The Morgan fingerprint density at radius 3 is 2.48 bits per heavy atom. The maximum Gasteiger partial charge on any atom is 0.336 e. The summed E-state index contributed by atoms with van der Waals surface area (Å²) in [5, 5.41) is 0.600. The van der Waals surface area contributed by atoms with Crippen LogP contribution in [-0.2, 0) is 14.3 Å². The maximum absolute atomic E-state index is 11.6. The Morgan fingerprint density at radius 2 is 1.78 bits per heavy atom. The monoisotopic (exact) mass is 338 g/mol. The third kappa shape index (κ3) is 8.41. The molecule has 0 atom stereocenters. The summed E-state index contributed by atoms with van der Waals surface area (Å²) >= 11 is 5.89. The van der Waals surface area contributed by atoms with Gasteiger partial charge in [0.15, 0.2) is 0 Å². The molecule has 5 heteroatoms. The molecule has 0 saturated carbocycles. The van der Waals surface area contributed by atoms with Gasteiger partial charge in [0.05, 0.1) is 6.61 Å². The molecule has 1 aromatic carbocycles. The van der Waals surface area contributed by atoms with Crippen molar-refractivity contribution in [1.29, 1.82) is 0 Å². The first-order chi connectivity index (χ1) is 11.0. The minimum atomic E-state index is -0.633. The lowest BCUT2D eigenvalue weighted by Gasteiger charge is -2.04. The van der Waals surface area contributed by atoms with Crippen molar-refractivity contribution < 1.29 is 19.1 Å². The summed E-state index contributed by atoms with van der Waals surface area (Å²) in [6.07, 6.45) is 7.55. The molecule has 1 rings (SSSR count). The molecule has 0 saturated heterocycles. The first kappa shape index (κ1) is 19.2. The number of halogens is 1. The third-order valence-electron chi connectivity index (χ3n) is 3.20. The fourth-order valence-electron chi connectivity index (χ4n) is 1.89. The summed E-state index contributed by atoms with van der Waals surface area (Å²) in [7, 11) is 0. The highest BCUT2D eigenvalue weighted by atomic mass is 35.5. The molecule has 0 spiro atoms. The van der Waals surface area contributed by atoms with Crippen LogP contribution in [0.3, 0.4) is 0 Å². The standard InChI is InChI=1S/C18H23ClO4/c1-3-4-5-6-7-12-22-17(20)10-11-18(21)23-15-8-9-16(19)14(2)13-15/h8-11,13H,3-7,12H2,1-2H3/b11-10+. The largest absolute Gasteiger partial charge is 0.463 e. The highest BCUT2D eigenvalue weighted by molar-refractivity contribution is 6.31.